The van der Waals surface area contributed by atoms with Crippen LogP contribution in [0.25, 0.3) is 0 Å². The van der Waals surface area contributed by atoms with Gasteiger partial charge in [-0.05, 0) is 63.3 Å². The fraction of sp³-hybridized carbons (Fsp3) is 0.400. The van der Waals surface area contributed by atoms with E-state index in [4.69, 9.17) is 19.2 Å². The summed E-state index contributed by atoms with van der Waals surface area (Å²) in [6, 6.07) is 15.2. The van der Waals surface area contributed by atoms with Crippen LogP contribution in [0.4, 0.5) is 0 Å². The van der Waals surface area contributed by atoms with Crippen molar-refractivity contribution in [2.75, 3.05) is 6.61 Å². The van der Waals surface area contributed by atoms with Crippen molar-refractivity contribution in [3.63, 3.8) is 0 Å². The van der Waals surface area contributed by atoms with Crippen LogP contribution in [0.3, 0.4) is 0 Å². The number of benzene rings is 2. The van der Waals surface area contributed by atoms with Gasteiger partial charge in [-0.1, -0.05) is 36.4 Å². The molecule has 7 heteroatoms. The normalized spacial score (nSPS) is 21.3. The maximum absolute atomic E-state index is 13.8. The molecule has 0 N–H and O–H groups in total. The maximum atomic E-state index is 13.8. The average molecular weight is 504 g/mol. The predicted molar refractivity (Wildman–Crippen MR) is 140 cm³/mol. The van der Waals surface area contributed by atoms with Gasteiger partial charge in [-0.3, -0.25) is 14.6 Å². The van der Waals surface area contributed by atoms with Crippen molar-refractivity contribution in [1.29, 1.82) is 0 Å². The molecule has 194 valence electrons. The lowest BCUT2D eigenvalue weighted by atomic mass is 9.66. The van der Waals surface area contributed by atoms with Crippen molar-refractivity contribution in [2.45, 2.75) is 65.4 Å². The summed E-state index contributed by atoms with van der Waals surface area (Å²) in [6.45, 7) is 8.88. The van der Waals surface area contributed by atoms with Gasteiger partial charge < -0.3 is 14.2 Å². The third-order valence-corrected chi connectivity index (χ3v) is 6.67. The summed E-state index contributed by atoms with van der Waals surface area (Å²) in [7, 11) is 0. The smallest absolute Gasteiger partial charge is 0.336 e. The van der Waals surface area contributed by atoms with E-state index in [2.05, 4.69) is 0 Å². The van der Waals surface area contributed by atoms with E-state index in [1.165, 1.54) is 6.92 Å². The van der Waals surface area contributed by atoms with E-state index in [0.29, 0.717) is 42.0 Å². The minimum absolute atomic E-state index is 0.0339. The minimum atomic E-state index is -0.590. The van der Waals surface area contributed by atoms with Crippen LogP contribution in [0, 0.1) is 5.92 Å². The van der Waals surface area contributed by atoms with Crippen LogP contribution < -0.4 is 9.47 Å². The molecule has 1 aliphatic carbocycles. The topological polar surface area (TPSA) is 91.3 Å². The molecule has 0 radical (unpaired) electrons. The summed E-state index contributed by atoms with van der Waals surface area (Å²) >= 11 is 0. The van der Waals surface area contributed by atoms with E-state index >= 15 is 0 Å². The Morgan fingerprint density at radius 3 is 2.38 bits per heavy atom. The molecule has 1 fully saturated rings. The van der Waals surface area contributed by atoms with Crippen molar-refractivity contribution in [2.24, 2.45) is 10.9 Å². The van der Waals surface area contributed by atoms with Crippen molar-refractivity contribution in [3.8, 4) is 11.5 Å². The number of rotatable bonds is 7. The SMILES string of the molecule is CCOc1cc([C@@H]2C(C(=O)OC(C)C)=C(C)N=C3C[C@H](c4ccccc4)CC(=O)C32)ccc1OC(C)=O. The van der Waals surface area contributed by atoms with Crippen molar-refractivity contribution >= 4 is 23.4 Å². The summed E-state index contributed by atoms with van der Waals surface area (Å²) in [4.78, 5) is 43.5. The molecule has 37 heavy (non-hydrogen) atoms. The largest absolute Gasteiger partial charge is 0.490 e. The zero-order chi connectivity index (χ0) is 26.7. The van der Waals surface area contributed by atoms with Crippen LogP contribution in [0.2, 0.25) is 0 Å². The lowest BCUT2D eigenvalue weighted by molar-refractivity contribution is -0.143. The monoisotopic (exact) mass is 503 g/mol. The van der Waals surface area contributed by atoms with Gasteiger partial charge in [0.25, 0.3) is 0 Å². The Balaban J connectivity index is 1.82. The fourth-order valence-corrected chi connectivity index (χ4v) is 5.27. The molecule has 2 aromatic rings. The highest BCUT2D eigenvalue weighted by molar-refractivity contribution is 6.12. The van der Waals surface area contributed by atoms with Crippen molar-refractivity contribution in [3.05, 3.63) is 70.9 Å². The van der Waals surface area contributed by atoms with Crippen LogP contribution in [0.1, 0.15) is 70.4 Å². The highest BCUT2D eigenvalue weighted by atomic mass is 16.6. The summed E-state index contributed by atoms with van der Waals surface area (Å²) in [5.41, 5.74) is 3.50. The summed E-state index contributed by atoms with van der Waals surface area (Å²) in [6.07, 6.45) is 0.665. The molecule has 7 nitrogen and oxygen atoms in total. The zero-order valence-corrected chi connectivity index (χ0v) is 21.9. The van der Waals surface area contributed by atoms with Gasteiger partial charge in [0.15, 0.2) is 11.5 Å². The van der Waals surface area contributed by atoms with E-state index in [9.17, 15) is 14.4 Å². The van der Waals surface area contributed by atoms with E-state index in [-0.39, 0.29) is 23.6 Å². The first-order chi connectivity index (χ1) is 17.7. The average Bonchev–Trinajstić information content (AvgIpc) is 2.84. The van der Waals surface area contributed by atoms with Gasteiger partial charge in [0.1, 0.15) is 5.78 Å². The third kappa shape index (κ3) is 5.66. The predicted octanol–water partition coefficient (Wildman–Crippen LogP) is 5.54. The number of carbonyl (C=O) groups is 3. The second-order valence-electron chi connectivity index (χ2n) is 9.73. The first kappa shape index (κ1) is 26.3. The van der Waals surface area contributed by atoms with E-state index in [1.54, 1.807) is 39.0 Å². The number of carbonyl (C=O) groups excluding carboxylic acids is 3. The molecule has 0 amide bonds. The molecule has 1 heterocycles. The number of Topliss-reactive ketones (excluding diaryl/α,β-unsaturated/α-hetero) is 1. The van der Waals surface area contributed by atoms with Gasteiger partial charge in [-0.15, -0.1) is 0 Å². The van der Waals surface area contributed by atoms with Crippen LogP contribution in [-0.2, 0) is 19.1 Å². The van der Waals surface area contributed by atoms with Crippen molar-refractivity contribution in [1.82, 2.24) is 0 Å². The second kappa shape index (κ2) is 11.1. The highest BCUT2D eigenvalue weighted by Crippen LogP contribution is 2.47. The van der Waals surface area contributed by atoms with E-state index in [0.717, 1.165) is 11.3 Å². The van der Waals surface area contributed by atoms with Crippen molar-refractivity contribution < 1.29 is 28.6 Å². The first-order valence-electron chi connectivity index (χ1n) is 12.7. The summed E-state index contributed by atoms with van der Waals surface area (Å²) in [5, 5.41) is 0. The number of allylic oxidation sites excluding steroid dienone is 1. The second-order valence-corrected chi connectivity index (χ2v) is 9.73. The minimum Gasteiger partial charge on any atom is -0.490 e. The maximum Gasteiger partial charge on any atom is 0.336 e. The number of esters is 2. The lowest BCUT2D eigenvalue weighted by Gasteiger charge is -2.38. The third-order valence-electron chi connectivity index (χ3n) is 6.67. The number of hydrogen-bond acceptors (Lipinski definition) is 7. The van der Waals surface area contributed by atoms with Crippen LogP contribution in [0.15, 0.2) is 64.8 Å². The fourth-order valence-electron chi connectivity index (χ4n) is 5.27. The molecule has 0 spiro atoms. The molecule has 0 bridgehead atoms. The van der Waals surface area contributed by atoms with Crippen LogP contribution in [-0.4, -0.2) is 36.1 Å². The molecule has 2 aromatic carbocycles. The van der Waals surface area contributed by atoms with Gasteiger partial charge in [-0.2, -0.15) is 0 Å². The number of hydrogen-bond donors (Lipinski definition) is 0. The van der Waals surface area contributed by atoms with E-state index < -0.39 is 23.8 Å². The van der Waals surface area contributed by atoms with Gasteiger partial charge in [0.05, 0.1) is 24.2 Å². The lowest BCUT2D eigenvalue weighted by Crippen LogP contribution is -2.41. The van der Waals surface area contributed by atoms with Crippen LogP contribution in [0.5, 0.6) is 11.5 Å². The standard InChI is InChI=1S/C30H33NO6/c1-6-35-26-16-21(12-13-25(26)37-19(5)32)28-27(30(34)36-17(2)3)18(4)31-23-14-22(15-24(33)29(23)28)20-10-8-7-9-11-20/h7-13,16-17,22,28-29H,6,14-15H2,1-5H3/t22-,28+,29?/m0/s1. The molecular formula is C30H33NO6. The molecule has 1 unspecified atom stereocenters. The Labute approximate surface area is 217 Å². The number of fused-ring (bicyclic) bond motifs is 1. The summed E-state index contributed by atoms with van der Waals surface area (Å²) < 4.78 is 16.7. The van der Waals surface area contributed by atoms with Crippen LogP contribution >= 0.6 is 0 Å². The number of ether oxygens (including phenoxy) is 3. The Hall–Kier alpha value is -3.74. The van der Waals surface area contributed by atoms with Gasteiger partial charge >= 0.3 is 11.9 Å². The van der Waals surface area contributed by atoms with E-state index in [1.807, 2.05) is 37.3 Å². The quantitative estimate of drug-likeness (QED) is 0.364. The molecule has 1 aliphatic heterocycles. The Morgan fingerprint density at radius 2 is 1.73 bits per heavy atom. The Kier molecular flexibility index (Phi) is 7.91. The zero-order valence-electron chi connectivity index (χ0n) is 21.9. The molecule has 3 atom stereocenters. The molecule has 1 saturated carbocycles. The molecule has 0 saturated heterocycles. The summed E-state index contributed by atoms with van der Waals surface area (Å²) in [5.74, 6) is -1.40. The Morgan fingerprint density at radius 1 is 1.00 bits per heavy atom. The number of aliphatic imine (C=N–C) groups is 1. The molecule has 0 aromatic heterocycles. The van der Waals surface area contributed by atoms with Gasteiger partial charge in [0.2, 0.25) is 0 Å². The van der Waals surface area contributed by atoms with Gasteiger partial charge in [-0.25, -0.2) is 4.79 Å². The molecule has 4 rings (SSSR count). The number of nitrogens with zero attached hydrogens (tertiary/aromatic N) is 1. The first-order valence-corrected chi connectivity index (χ1v) is 12.7. The highest BCUT2D eigenvalue weighted by Gasteiger charge is 2.46. The molecule has 2 aliphatic rings. The Bertz CT molecular complexity index is 1260. The number of ketones is 1. The molecular weight excluding hydrogens is 470 g/mol. The van der Waals surface area contributed by atoms with Gasteiger partial charge in [0, 0.05) is 30.7 Å².